The fourth-order valence-electron chi connectivity index (χ4n) is 6.07. The lowest BCUT2D eigenvalue weighted by Gasteiger charge is -2.60. The van der Waals surface area contributed by atoms with Crippen LogP contribution in [0.4, 0.5) is 0 Å². The van der Waals surface area contributed by atoms with E-state index in [-0.39, 0.29) is 16.9 Å². The summed E-state index contributed by atoms with van der Waals surface area (Å²) in [6.07, 6.45) is 13.5. The smallest absolute Gasteiger partial charge is 0.271 e. The molecule has 0 radical (unpaired) electrons. The van der Waals surface area contributed by atoms with Crippen molar-refractivity contribution in [1.82, 2.24) is 20.3 Å². The van der Waals surface area contributed by atoms with E-state index in [1.807, 2.05) is 25.3 Å². The van der Waals surface area contributed by atoms with Crippen LogP contribution >= 0.6 is 0 Å². The maximum atomic E-state index is 12.9. The summed E-state index contributed by atoms with van der Waals surface area (Å²) >= 11 is 0. The molecule has 4 aliphatic carbocycles. The fourth-order valence-corrected chi connectivity index (χ4v) is 6.07. The number of amides is 1. The number of nitrogens with zero attached hydrogens (tertiary/aromatic N) is 3. The molecule has 4 saturated carbocycles. The van der Waals surface area contributed by atoms with Crippen LogP contribution < -0.4 is 5.32 Å². The van der Waals surface area contributed by atoms with Crippen molar-refractivity contribution < 1.29 is 4.79 Å². The van der Waals surface area contributed by atoms with E-state index in [0.29, 0.717) is 17.5 Å². The summed E-state index contributed by atoms with van der Waals surface area (Å²) in [4.78, 5) is 25.6. The maximum Gasteiger partial charge on any atom is 0.271 e. The van der Waals surface area contributed by atoms with Gasteiger partial charge >= 0.3 is 0 Å². The van der Waals surface area contributed by atoms with Gasteiger partial charge in [-0.05, 0) is 69.4 Å². The van der Waals surface area contributed by atoms with Crippen molar-refractivity contribution in [3.63, 3.8) is 0 Å². The third-order valence-corrected chi connectivity index (χ3v) is 6.56. The summed E-state index contributed by atoms with van der Waals surface area (Å²) in [6.45, 7) is 1.86. The van der Waals surface area contributed by atoms with Gasteiger partial charge in [0.25, 0.3) is 5.91 Å². The van der Waals surface area contributed by atoms with E-state index < -0.39 is 0 Å². The highest BCUT2D eigenvalue weighted by atomic mass is 16.2. The van der Waals surface area contributed by atoms with Crippen molar-refractivity contribution in [3.8, 4) is 11.8 Å². The molecule has 142 valence electrons. The van der Waals surface area contributed by atoms with Gasteiger partial charge in [0.1, 0.15) is 5.69 Å². The summed E-state index contributed by atoms with van der Waals surface area (Å²) in [7, 11) is 0. The Labute approximate surface area is 165 Å². The molecule has 4 aliphatic rings. The highest BCUT2D eigenvalue weighted by molar-refractivity contribution is 5.92. The van der Waals surface area contributed by atoms with Gasteiger partial charge in [0.2, 0.25) is 0 Å². The van der Waals surface area contributed by atoms with E-state index in [1.54, 1.807) is 18.6 Å². The SMILES string of the molecule is Cc1cncc(C(=O)NC23CC4CC(CC(C#Cc5cccnc5)(C4)C2)C3)n1. The van der Waals surface area contributed by atoms with Crippen LogP contribution in [0.1, 0.15) is 60.3 Å². The second kappa shape index (κ2) is 6.41. The quantitative estimate of drug-likeness (QED) is 0.822. The van der Waals surface area contributed by atoms with Crippen LogP contribution in [0, 0.1) is 36.0 Å². The van der Waals surface area contributed by atoms with Crippen molar-refractivity contribution in [1.29, 1.82) is 0 Å². The molecule has 0 saturated heterocycles. The van der Waals surface area contributed by atoms with Gasteiger partial charge in [-0.3, -0.25) is 14.8 Å². The molecule has 2 aromatic heterocycles. The van der Waals surface area contributed by atoms with E-state index in [1.165, 1.54) is 6.42 Å². The Hall–Kier alpha value is -2.74. The van der Waals surface area contributed by atoms with E-state index in [4.69, 9.17) is 0 Å². The lowest BCUT2D eigenvalue weighted by molar-refractivity contribution is -0.0484. The molecule has 5 heteroatoms. The molecule has 0 aliphatic heterocycles. The lowest BCUT2D eigenvalue weighted by Crippen LogP contribution is -2.63. The molecule has 5 nitrogen and oxygen atoms in total. The molecule has 6 rings (SSSR count). The minimum absolute atomic E-state index is 0.00544. The minimum Gasteiger partial charge on any atom is -0.345 e. The first-order valence-electron chi connectivity index (χ1n) is 10.1. The molecule has 1 amide bonds. The summed E-state index contributed by atoms with van der Waals surface area (Å²) in [5, 5.41) is 3.37. The summed E-state index contributed by atoms with van der Waals surface area (Å²) in [6, 6.07) is 3.93. The first-order valence-corrected chi connectivity index (χ1v) is 10.1. The Morgan fingerprint density at radius 2 is 1.96 bits per heavy atom. The minimum atomic E-state index is -0.157. The predicted molar refractivity (Wildman–Crippen MR) is 105 cm³/mol. The molecule has 2 unspecified atom stereocenters. The molecular formula is C23H24N4O. The number of carbonyl (C=O) groups excluding carboxylic acids is 1. The van der Waals surface area contributed by atoms with Gasteiger partial charge in [0, 0.05) is 35.1 Å². The predicted octanol–water partition coefficient (Wildman–Crippen LogP) is 3.30. The van der Waals surface area contributed by atoms with E-state index in [0.717, 1.165) is 43.4 Å². The van der Waals surface area contributed by atoms with Crippen molar-refractivity contribution in [2.45, 2.75) is 51.0 Å². The van der Waals surface area contributed by atoms with Gasteiger partial charge in [-0.15, -0.1) is 0 Å². The number of nitrogens with one attached hydrogen (secondary N) is 1. The largest absolute Gasteiger partial charge is 0.345 e. The number of hydrogen-bond acceptors (Lipinski definition) is 4. The molecule has 0 spiro atoms. The summed E-state index contributed by atoms with van der Waals surface area (Å²) in [5.74, 6) is 8.18. The number of aromatic nitrogens is 3. The number of carbonyl (C=O) groups is 1. The Balaban J connectivity index is 1.42. The number of rotatable bonds is 2. The van der Waals surface area contributed by atoms with Gasteiger partial charge in [-0.2, -0.15) is 0 Å². The molecule has 0 aromatic carbocycles. The Morgan fingerprint density at radius 1 is 1.14 bits per heavy atom. The van der Waals surface area contributed by atoms with Crippen LogP contribution in [0.2, 0.25) is 0 Å². The zero-order chi connectivity index (χ0) is 19.2. The van der Waals surface area contributed by atoms with Crippen molar-refractivity contribution >= 4 is 5.91 Å². The van der Waals surface area contributed by atoms with Gasteiger partial charge in [0.05, 0.1) is 11.9 Å². The second-order valence-corrected chi connectivity index (χ2v) is 9.01. The molecule has 4 fully saturated rings. The average Bonchev–Trinajstić information content (AvgIpc) is 2.66. The number of hydrogen-bond donors (Lipinski definition) is 1. The number of aryl methyl sites for hydroxylation is 1. The zero-order valence-corrected chi connectivity index (χ0v) is 16.1. The van der Waals surface area contributed by atoms with Gasteiger partial charge in [-0.25, -0.2) is 4.98 Å². The van der Waals surface area contributed by atoms with Crippen LogP contribution in [0.25, 0.3) is 0 Å². The number of pyridine rings is 1. The van der Waals surface area contributed by atoms with Crippen molar-refractivity contribution in [2.75, 3.05) is 0 Å². The van der Waals surface area contributed by atoms with Crippen LogP contribution in [-0.2, 0) is 0 Å². The highest BCUT2D eigenvalue weighted by Crippen LogP contribution is 2.61. The van der Waals surface area contributed by atoms with E-state index in [9.17, 15) is 4.79 Å². The van der Waals surface area contributed by atoms with Gasteiger partial charge in [0.15, 0.2) is 0 Å². The van der Waals surface area contributed by atoms with E-state index in [2.05, 4.69) is 32.1 Å². The van der Waals surface area contributed by atoms with Gasteiger partial charge < -0.3 is 5.32 Å². The zero-order valence-electron chi connectivity index (χ0n) is 16.1. The maximum absolute atomic E-state index is 12.9. The molecule has 4 bridgehead atoms. The van der Waals surface area contributed by atoms with Crippen LogP contribution in [0.3, 0.4) is 0 Å². The molecule has 2 heterocycles. The molecule has 2 aromatic rings. The van der Waals surface area contributed by atoms with Crippen LogP contribution in [-0.4, -0.2) is 26.4 Å². The topological polar surface area (TPSA) is 67.8 Å². The second-order valence-electron chi connectivity index (χ2n) is 9.01. The Morgan fingerprint density at radius 3 is 2.68 bits per heavy atom. The van der Waals surface area contributed by atoms with Crippen LogP contribution in [0.5, 0.6) is 0 Å². The Bertz CT molecular complexity index is 961. The highest BCUT2D eigenvalue weighted by Gasteiger charge is 2.57. The molecule has 28 heavy (non-hydrogen) atoms. The third kappa shape index (κ3) is 3.17. The van der Waals surface area contributed by atoms with E-state index >= 15 is 0 Å². The van der Waals surface area contributed by atoms with Crippen molar-refractivity contribution in [3.05, 3.63) is 53.9 Å². The van der Waals surface area contributed by atoms with Crippen LogP contribution in [0.15, 0.2) is 36.9 Å². The normalized spacial score (nSPS) is 32.5. The van der Waals surface area contributed by atoms with Gasteiger partial charge in [-0.1, -0.05) is 11.8 Å². The summed E-state index contributed by atoms with van der Waals surface area (Å²) in [5.41, 5.74) is 1.98. The lowest BCUT2D eigenvalue weighted by atomic mass is 9.47. The standard InChI is InChI=1S/C23H24N4O/c1-16-12-25-14-20(26-16)21(28)27-23-10-18-7-19(11-23)9-22(8-18,15-23)5-4-17-3-2-6-24-13-17/h2-3,6,12-14,18-19H,7-11,15H2,1H3,(H,27,28). The molecule has 1 N–H and O–H groups in total. The summed E-state index contributed by atoms with van der Waals surface area (Å²) < 4.78 is 0. The third-order valence-electron chi connectivity index (χ3n) is 6.56. The monoisotopic (exact) mass is 372 g/mol. The fraction of sp³-hybridized carbons (Fsp3) is 0.478. The first-order chi connectivity index (χ1) is 13.5. The molecule has 2 atom stereocenters. The first kappa shape index (κ1) is 17.4. The van der Waals surface area contributed by atoms with Crippen molar-refractivity contribution in [2.24, 2.45) is 17.3 Å². The average molecular weight is 372 g/mol. The Kier molecular flexibility index (Phi) is 3.97. The molecular weight excluding hydrogens is 348 g/mol.